The summed E-state index contributed by atoms with van der Waals surface area (Å²) in [6.07, 6.45) is 0.750. The van der Waals surface area contributed by atoms with Crippen LogP contribution in [0.3, 0.4) is 0 Å². The predicted molar refractivity (Wildman–Crippen MR) is 107 cm³/mol. The Balaban J connectivity index is 2.32. The highest BCUT2D eigenvalue weighted by atomic mass is 16.1. The van der Waals surface area contributed by atoms with E-state index in [0.29, 0.717) is 5.92 Å². The standard InChI is InChI=1S/C22H27N3O/c1-16(2)14-21(22(26)24-13-12-23)19-7-5-6-18(15-19)17-8-10-20(11-9-17)25(3)4/h5-11,15-16,21H,13-14H2,1-4H3,(H,24,26). The van der Waals surface area contributed by atoms with Gasteiger partial charge in [-0.1, -0.05) is 50.2 Å². The summed E-state index contributed by atoms with van der Waals surface area (Å²) < 4.78 is 0. The normalized spacial score (nSPS) is 11.7. The number of amides is 1. The minimum atomic E-state index is -0.246. The second-order valence-electron chi connectivity index (χ2n) is 7.12. The van der Waals surface area contributed by atoms with Gasteiger partial charge < -0.3 is 10.2 Å². The van der Waals surface area contributed by atoms with Crippen molar-refractivity contribution in [2.45, 2.75) is 26.2 Å². The zero-order valence-electron chi connectivity index (χ0n) is 16.0. The Hall–Kier alpha value is -2.80. The molecule has 0 bridgehead atoms. The predicted octanol–water partition coefficient (Wildman–Crippen LogP) is 4.19. The molecule has 1 atom stereocenters. The van der Waals surface area contributed by atoms with Crippen molar-refractivity contribution in [2.75, 3.05) is 25.5 Å². The fraction of sp³-hybridized carbons (Fsp3) is 0.364. The van der Waals surface area contributed by atoms with Crippen LogP contribution in [0.1, 0.15) is 31.7 Å². The van der Waals surface area contributed by atoms with Crippen LogP contribution in [-0.4, -0.2) is 26.5 Å². The summed E-state index contributed by atoms with van der Waals surface area (Å²) in [5.74, 6) is 0.0561. The van der Waals surface area contributed by atoms with Crippen LogP contribution in [0.4, 0.5) is 5.69 Å². The number of nitrogens with one attached hydrogen (secondary N) is 1. The molecule has 1 N–H and O–H groups in total. The van der Waals surface area contributed by atoms with Crippen molar-refractivity contribution in [1.82, 2.24) is 5.32 Å². The molecule has 0 saturated carbocycles. The van der Waals surface area contributed by atoms with Crippen molar-refractivity contribution in [3.05, 3.63) is 54.1 Å². The minimum absolute atomic E-state index is 0.0408. The van der Waals surface area contributed by atoms with Crippen LogP contribution in [0.2, 0.25) is 0 Å². The fourth-order valence-corrected chi connectivity index (χ4v) is 3.00. The van der Waals surface area contributed by atoms with Crippen LogP contribution in [0.5, 0.6) is 0 Å². The van der Waals surface area contributed by atoms with Gasteiger partial charge in [0, 0.05) is 19.8 Å². The zero-order valence-corrected chi connectivity index (χ0v) is 16.0. The molecule has 0 saturated heterocycles. The fourth-order valence-electron chi connectivity index (χ4n) is 3.00. The summed E-state index contributed by atoms with van der Waals surface area (Å²) in [7, 11) is 4.04. The second-order valence-corrected chi connectivity index (χ2v) is 7.12. The maximum absolute atomic E-state index is 12.5. The summed E-state index contributed by atoms with van der Waals surface area (Å²) in [4.78, 5) is 14.6. The van der Waals surface area contributed by atoms with Crippen molar-refractivity contribution >= 4 is 11.6 Å². The number of hydrogen-bond donors (Lipinski definition) is 1. The maximum Gasteiger partial charge on any atom is 0.228 e. The minimum Gasteiger partial charge on any atom is -0.378 e. The SMILES string of the molecule is CC(C)CC(C(=O)NCC#N)c1cccc(-c2ccc(N(C)C)cc2)c1. The summed E-state index contributed by atoms with van der Waals surface area (Å²) in [5.41, 5.74) is 4.36. The van der Waals surface area contributed by atoms with Crippen LogP contribution in [0, 0.1) is 17.2 Å². The number of benzene rings is 2. The molecule has 2 aromatic carbocycles. The molecule has 26 heavy (non-hydrogen) atoms. The molecular weight excluding hydrogens is 322 g/mol. The van der Waals surface area contributed by atoms with Gasteiger partial charge in [-0.15, -0.1) is 0 Å². The number of nitriles is 1. The molecule has 0 radical (unpaired) electrons. The second kappa shape index (κ2) is 9.05. The molecule has 4 nitrogen and oxygen atoms in total. The number of rotatable bonds is 7. The Morgan fingerprint density at radius 3 is 2.38 bits per heavy atom. The van der Waals surface area contributed by atoms with E-state index in [0.717, 1.165) is 28.8 Å². The van der Waals surface area contributed by atoms with E-state index in [2.05, 4.69) is 60.5 Å². The molecule has 0 fully saturated rings. The van der Waals surface area contributed by atoms with E-state index < -0.39 is 0 Å². The highest BCUT2D eigenvalue weighted by molar-refractivity contribution is 5.84. The molecule has 2 rings (SSSR count). The Morgan fingerprint density at radius 2 is 1.81 bits per heavy atom. The van der Waals surface area contributed by atoms with Gasteiger partial charge in [0.25, 0.3) is 0 Å². The number of carbonyl (C=O) groups is 1. The van der Waals surface area contributed by atoms with Crippen molar-refractivity contribution in [3.63, 3.8) is 0 Å². The van der Waals surface area contributed by atoms with Crippen LogP contribution in [0.25, 0.3) is 11.1 Å². The lowest BCUT2D eigenvalue weighted by atomic mass is 9.88. The monoisotopic (exact) mass is 349 g/mol. The Bertz CT molecular complexity index is 773. The van der Waals surface area contributed by atoms with Crippen molar-refractivity contribution in [3.8, 4) is 17.2 Å². The lowest BCUT2D eigenvalue weighted by molar-refractivity contribution is -0.122. The van der Waals surface area contributed by atoms with Gasteiger partial charge in [0.15, 0.2) is 0 Å². The Labute approximate surface area is 156 Å². The molecule has 0 spiro atoms. The van der Waals surface area contributed by atoms with E-state index in [1.165, 1.54) is 0 Å². The number of hydrogen-bond acceptors (Lipinski definition) is 3. The van der Waals surface area contributed by atoms with Gasteiger partial charge in [0.2, 0.25) is 5.91 Å². The van der Waals surface area contributed by atoms with Gasteiger partial charge in [-0.3, -0.25) is 4.79 Å². The first kappa shape index (κ1) is 19.5. The average Bonchev–Trinajstić information content (AvgIpc) is 2.64. The lowest BCUT2D eigenvalue weighted by Crippen LogP contribution is -2.30. The summed E-state index contributed by atoms with van der Waals surface area (Å²) in [5, 5.41) is 11.4. The molecule has 136 valence electrons. The van der Waals surface area contributed by atoms with Gasteiger partial charge in [-0.25, -0.2) is 0 Å². The highest BCUT2D eigenvalue weighted by Crippen LogP contribution is 2.29. The summed E-state index contributed by atoms with van der Waals surface area (Å²) in [6.45, 7) is 4.25. The maximum atomic E-state index is 12.5. The van der Waals surface area contributed by atoms with E-state index in [1.807, 2.05) is 32.3 Å². The van der Waals surface area contributed by atoms with Gasteiger partial charge >= 0.3 is 0 Å². The van der Waals surface area contributed by atoms with E-state index in [9.17, 15) is 4.79 Å². The Morgan fingerprint density at radius 1 is 1.12 bits per heavy atom. The van der Waals surface area contributed by atoms with E-state index >= 15 is 0 Å². The molecule has 0 aromatic heterocycles. The molecular formula is C22H27N3O. The first-order valence-corrected chi connectivity index (χ1v) is 8.94. The molecule has 4 heteroatoms. The third-order valence-corrected chi connectivity index (χ3v) is 4.37. The van der Waals surface area contributed by atoms with Crippen molar-refractivity contribution in [2.24, 2.45) is 5.92 Å². The van der Waals surface area contributed by atoms with Crippen LogP contribution >= 0.6 is 0 Å². The number of carbonyl (C=O) groups excluding carboxylic acids is 1. The molecule has 0 aliphatic carbocycles. The molecule has 0 aliphatic rings. The molecule has 0 aliphatic heterocycles. The molecule has 2 aromatic rings. The van der Waals surface area contributed by atoms with Crippen molar-refractivity contribution < 1.29 is 4.79 Å². The van der Waals surface area contributed by atoms with Crippen LogP contribution in [0.15, 0.2) is 48.5 Å². The summed E-state index contributed by atoms with van der Waals surface area (Å²) in [6, 6.07) is 18.5. The van der Waals surface area contributed by atoms with Crippen LogP contribution < -0.4 is 10.2 Å². The molecule has 1 amide bonds. The first-order valence-electron chi connectivity index (χ1n) is 8.94. The average molecular weight is 349 g/mol. The first-order chi connectivity index (χ1) is 12.4. The van der Waals surface area contributed by atoms with E-state index in [-0.39, 0.29) is 18.4 Å². The van der Waals surface area contributed by atoms with Gasteiger partial charge in [-0.2, -0.15) is 5.26 Å². The quantitative estimate of drug-likeness (QED) is 0.763. The molecule has 1 unspecified atom stereocenters. The third kappa shape index (κ3) is 5.10. The van der Waals surface area contributed by atoms with Gasteiger partial charge in [0.05, 0.1) is 12.0 Å². The highest BCUT2D eigenvalue weighted by Gasteiger charge is 2.22. The third-order valence-electron chi connectivity index (χ3n) is 4.37. The van der Waals surface area contributed by atoms with Crippen molar-refractivity contribution in [1.29, 1.82) is 5.26 Å². The Kier molecular flexibility index (Phi) is 6.80. The lowest BCUT2D eigenvalue weighted by Gasteiger charge is -2.19. The zero-order chi connectivity index (χ0) is 19.1. The smallest absolute Gasteiger partial charge is 0.228 e. The van der Waals surface area contributed by atoms with E-state index in [1.54, 1.807) is 0 Å². The number of anilines is 1. The van der Waals surface area contributed by atoms with Gasteiger partial charge in [-0.05, 0) is 41.2 Å². The number of nitrogens with zero attached hydrogens (tertiary/aromatic N) is 2. The summed E-state index contributed by atoms with van der Waals surface area (Å²) >= 11 is 0. The van der Waals surface area contributed by atoms with Gasteiger partial charge in [0.1, 0.15) is 6.54 Å². The van der Waals surface area contributed by atoms with E-state index in [4.69, 9.17) is 5.26 Å². The topological polar surface area (TPSA) is 56.1 Å². The van der Waals surface area contributed by atoms with Crippen LogP contribution in [-0.2, 0) is 4.79 Å². The molecule has 0 heterocycles. The largest absolute Gasteiger partial charge is 0.378 e.